The summed E-state index contributed by atoms with van der Waals surface area (Å²) in [5.41, 5.74) is 0.628. The van der Waals surface area contributed by atoms with Gasteiger partial charge >= 0.3 is 18.1 Å². The zero-order valence-electron chi connectivity index (χ0n) is 27.5. The maximum atomic E-state index is 13.7. The summed E-state index contributed by atoms with van der Waals surface area (Å²) in [4.78, 5) is 37.3. The van der Waals surface area contributed by atoms with E-state index >= 15 is 0 Å². The van der Waals surface area contributed by atoms with E-state index in [0.717, 1.165) is 15.7 Å². The molecule has 0 aliphatic carbocycles. The van der Waals surface area contributed by atoms with Gasteiger partial charge in [-0.15, -0.1) is 10.2 Å². The van der Waals surface area contributed by atoms with Gasteiger partial charge in [0.05, 0.1) is 6.54 Å². The average Bonchev–Trinajstić information content (AvgIpc) is 3.51. The molecule has 0 saturated heterocycles. The fraction of sp³-hybridized carbons (Fsp3) is 0.324. The van der Waals surface area contributed by atoms with Gasteiger partial charge in [0.2, 0.25) is 22.9 Å². The lowest BCUT2D eigenvalue weighted by Crippen LogP contribution is -2.59. The summed E-state index contributed by atoms with van der Waals surface area (Å²) >= 11 is 0. The number of halogens is 6. The molecule has 5 rings (SSSR count). The largest absolute Gasteiger partial charge is 0.479 e. The third-order valence-electron chi connectivity index (χ3n) is 8.45. The lowest BCUT2D eigenvalue weighted by molar-refractivity contribution is -0.213. The van der Waals surface area contributed by atoms with E-state index in [2.05, 4.69) is 10.2 Å². The molecule has 3 aromatic carbocycles. The van der Waals surface area contributed by atoms with Gasteiger partial charge in [-0.05, 0) is 43.0 Å². The van der Waals surface area contributed by atoms with E-state index in [-0.39, 0.29) is 55.0 Å². The molecule has 0 spiro atoms. The summed E-state index contributed by atoms with van der Waals surface area (Å²) in [6, 6.07) is 11.4. The summed E-state index contributed by atoms with van der Waals surface area (Å²) in [6.45, 7) is 3.21. The maximum absolute atomic E-state index is 13.7. The molecule has 0 radical (unpaired) electrons. The highest BCUT2D eigenvalue weighted by Gasteiger charge is 2.63. The SMILES string of the molecule is Cc1ccc(C(O)(C(=O)O)C(O)(C(=O)O)c2ccc(C)cc2)cc1.NC(CC(=O)N1CCn2c(nnc2C(F)(F)F)C1)Cc1cc(F)c(F)cc1F. The highest BCUT2D eigenvalue weighted by molar-refractivity contribution is 5.92. The number of aromatic nitrogens is 3. The van der Waals surface area contributed by atoms with Crippen molar-refractivity contribution in [3.8, 4) is 0 Å². The van der Waals surface area contributed by atoms with Crippen molar-refractivity contribution in [1.82, 2.24) is 19.7 Å². The Bertz CT molecular complexity index is 1890. The van der Waals surface area contributed by atoms with Gasteiger partial charge in [0.1, 0.15) is 5.82 Å². The number of carbonyl (C=O) groups excluding carboxylic acids is 1. The third kappa shape index (κ3) is 7.93. The van der Waals surface area contributed by atoms with Crippen LogP contribution in [0.1, 0.15) is 45.9 Å². The normalized spacial score (nSPS) is 15.7. The summed E-state index contributed by atoms with van der Waals surface area (Å²) in [5, 5.41) is 47.4. The number of alkyl halides is 3. The quantitative estimate of drug-likeness (QED) is 0.125. The van der Waals surface area contributed by atoms with Gasteiger partial charge < -0.3 is 35.6 Å². The second-order valence-electron chi connectivity index (χ2n) is 12.2. The van der Waals surface area contributed by atoms with Crippen LogP contribution in [0, 0.1) is 31.3 Å². The molecule has 6 N–H and O–H groups in total. The minimum absolute atomic E-state index is 0.000783. The first-order valence-electron chi connectivity index (χ1n) is 15.4. The molecule has 12 nitrogen and oxygen atoms in total. The predicted molar refractivity (Wildman–Crippen MR) is 168 cm³/mol. The number of amides is 1. The number of nitrogens with two attached hydrogens (primary N) is 1. The summed E-state index contributed by atoms with van der Waals surface area (Å²) in [5.74, 6) is -8.88. The number of aliphatic carboxylic acids is 2. The number of benzene rings is 3. The number of rotatable bonds is 9. The highest BCUT2D eigenvalue weighted by Crippen LogP contribution is 2.42. The lowest BCUT2D eigenvalue weighted by atomic mass is 9.73. The Labute approximate surface area is 291 Å². The molecule has 0 fully saturated rings. The average molecular weight is 738 g/mol. The van der Waals surface area contributed by atoms with Crippen molar-refractivity contribution < 1.29 is 61.2 Å². The first-order valence-corrected chi connectivity index (χ1v) is 15.4. The zero-order chi connectivity index (χ0) is 38.8. The standard InChI is InChI=1S/C18H18O6.C16H15F6N5O/c1-11-3-7-13(8-4-11)17(23,15(19)20)18(24,16(21)22)14-9-5-12(2)6-10-14;17-10-6-12(19)11(18)4-8(10)3-9(23)5-14(28)26-1-2-27-13(7-26)24-25-15(27)16(20,21)22/h3-10,23-24H,1-2H3,(H,19,20)(H,21,22);4,6,9H,1-3,5,7,23H2. The molecule has 278 valence electrons. The van der Waals surface area contributed by atoms with E-state index in [9.17, 15) is 61.2 Å². The summed E-state index contributed by atoms with van der Waals surface area (Å²) in [7, 11) is 0. The van der Waals surface area contributed by atoms with Crippen molar-refractivity contribution >= 4 is 17.8 Å². The van der Waals surface area contributed by atoms with Crippen molar-refractivity contribution in [2.45, 2.75) is 63.2 Å². The molecule has 3 atom stereocenters. The maximum Gasteiger partial charge on any atom is 0.451 e. The first kappa shape index (κ1) is 39.5. The number of aryl methyl sites for hydroxylation is 2. The molecule has 4 aromatic rings. The smallest absolute Gasteiger partial charge is 0.451 e. The Hall–Kier alpha value is -5.33. The van der Waals surface area contributed by atoms with Gasteiger partial charge in [0.25, 0.3) is 0 Å². The number of aliphatic hydroxyl groups is 2. The number of hydrogen-bond acceptors (Lipinski definition) is 8. The fourth-order valence-electron chi connectivity index (χ4n) is 5.57. The minimum atomic E-state index is -4.64. The molecular weight excluding hydrogens is 704 g/mol. The Morgan fingerprint density at radius 1 is 0.788 bits per heavy atom. The third-order valence-corrected chi connectivity index (χ3v) is 8.45. The van der Waals surface area contributed by atoms with Crippen LogP contribution in [0.15, 0.2) is 60.7 Å². The van der Waals surface area contributed by atoms with E-state index in [1.54, 1.807) is 13.8 Å². The molecule has 1 aliphatic heterocycles. The van der Waals surface area contributed by atoms with Crippen molar-refractivity contribution in [1.29, 1.82) is 0 Å². The van der Waals surface area contributed by atoms with E-state index in [0.29, 0.717) is 12.1 Å². The number of carboxylic acids is 2. The Balaban J connectivity index is 0.000000236. The van der Waals surface area contributed by atoms with Crippen LogP contribution in [0.5, 0.6) is 0 Å². The second kappa shape index (κ2) is 15.1. The van der Waals surface area contributed by atoms with Crippen LogP contribution >= 0.6 is 0 Å². The van der Waals surface area contributed by atoms with E-state index in [4.69, 9.17) is 5.73 Å². The van der Waals surface area contributed by atoms with Gasteiger partial charge in [0, 0.05) is 31.6 Å². The van der Waals surface area contributed by atoms with Gasteiger partial charge in [-0.1, -0.05) is 59.7 Å². The highest BCUT2D eigenvalue weighted by atomic mass is 19.4. The van der Waals surface area contributed by atoms with Crippen molar-refractivity contribution in [2.24, 2.45) is 5.73 Å². The predicted octanol–water partition coefficient (Wildman–Crippen LogP) is 3.56. The van der Waals surface area contributed by atoms with Crippen LogP contribution < -0.4 is 5.73 Å². The van der Waals surface area contributed by atoms with Gasteiger partial charge in [-0.2, -0.15) is 13.2 Å². The molecule has 1 aliphatic rings. The number of hydrogen-bond donors (Lipinski definition) is 5. The van der Waals surface area contributed by atoms with Crippen molar-refractivity contribution in [2.75, 3.05) is 6.54 Å². The van der Waals surface area contributed by atoms with Crippen LogP contribution in [-0.2, 0) is 51.3 Å². The van der Waals surface area contributed by atoms with E-state index in [1.807, 2.05) is 0 Å². The monoisotopic (exact) mass is 737 g/mol. The van der Waals surface area contributed by atoms with Crippen LogP contribution in [0.2, 0.25) is 0 Å². The second-order valence-corrected chi connectivity index (χ2v) is 12.2. The molecule has 1 amide bonds. The number of carboxylic acid groups (broad SMARTS) is 2. The lowest BCUT2D eigenvalue weighted by Gasteiger charge is -2.37. The van der Waals surface area contributed by atoms with Crippen molar-refractivity contribution in [3.05, 3.63) is 118 Å². The molecule has 2 heterocycles. The van der Waals surface area contributed by atoms with Crippen LogP contribution in [0.25, 0.3) is 0 Å². The van der Waals surface area contributed by atoms with Gasteiger partial charge in [-0.25, -0.2) is 22.8 Å². The van der Waals surface area contributed by atoms with Crippen molar-refractivity contribution in [3.63, 3.8) is 0 Å². The number of fused-ring (bicyclic) bond motifs is 1. The molecular formula is C34H33F6N5O7. The number of carbonyl (C=O) groups is 3. The van der Waals surface area contributed by atoms with Gasteiger partial charge in [-0.3, -0.25) is 4.79 Å². The van der Waals surface area contributed by atoms with E-state index < -0.39 is 64.5 Å². The van der Waals surface area contributed by atoms with Crippen LogP contribution in [0.3, 0.4) is 0 Å². The molecule has 3 unspecified atom stereocenters. The van der Waals surface area contributed by atoms with Crippen LogP contribution in [0.4, 0.5) is 26.3 Å². The zero-order valence-corrected chi connectivity index (χ0v) is 27.5. The van der Waals surface area contributed by atoms with Gasteiger partial charge in [0.15, 0.2) is 17.5 Å². The fourth-order valence-corrected chi connectivity index (χ4v) is 5.57. The Kier molecular flexibility index (Phi) is 11.5. The number of nitrogens with zero attached hydrogens (tertiary/aromatic N) is 4. The Morgan fingerprint density at radius 2 is 1.27 bits per heavy atom. The van der Waals surface area contributed by atoms with E-state index in [1.165, 1.54) is 53.4 Å². The Morgan fingerprint density at radius 3 is 1.73 bits per heavy atom. The summed E-state index contributed by atoms with van der Waals surface area (Å²) < 4.78 is 79.3. The molecule has 0 bridgehead atoms. The topological polar surface area (TPSA) is 192 Å². The molecule has 52 heavy (non-hydrogen) atoms. The molecule has 18 heteroatoms. The van der Waals surface area contributed by atoms with Crippen LogP contribution in [-0.4, -0.2) is 70.5 Å². The molecule has 1 aromatic heterocycles. The minimum Gasteiger partial charge on any atom is -0.479 e. The summed E-state index contributed by atoms with van der Waals surface area (Å²) in [6.07, 6.45) is -5.11. The first-order chi connectivity index (χ1) is 24.2. The molecule has 0 saturated carbocycles.